The third kappa shape index (κ3) is 3.03. The zero-order valence-corrected chi connectivity index (χ0v) is 13.4. The normalized spacial score (nSPS) is 10.6. The number of hydrogen-bond donors (Lipinski definition) is 1. The maximum absolute atomic E-state index is 5.43. The van der Waals surface area contributed by atoms with Crippen molar-refractivity contribution in [1.29, 1.82) is 0 Å². The fourth-order valence-corrected chi connectivity index (χ4v) is 2.70. The van der Waals surface area contributed by atoms with E-state index < -0.39 is 0 Å². The Kier molecular flexibility index (Phi) is 4.11. The Labute approximate surface area is 132 Å². The molecule has 0 aromatic heterocycles. The van der Waals surface area contributed by atoms with Gasteiger partial charge in [-0.2, -0.15) is 0 Å². The summed E-state index contributed by atoms with van der Waals surface area (Å²) in [6.45, 7) is 0.784. The molecule has 0 spiro atoms. The minimum absolute atomic E-state index is 0.784. The SMILES string of the molecule is COc1ccc(CNc2ccc(Br)cc2)c2ccccc12. The average molecular weight is 342 g/mol. The molecule has 0 aliphatic rings. The summed E-state index contributed by atoms with van der Waals surface area (Å²) >= 11 is 3.45. The van der Waals surface area contributed by atoms with Crippen LogP contribution >= 0.6 is 15.9 Å². The topological polar surface area (TPSA) is 21.3 Å². The van der Waals surface area contributed by atoms with E-state index in [9.17, 15) is 0 Å². The van der Waals surface area contributed by atoms with Crippen LogP contribution in [-0.2, 0) is 6.54 Å². The van der Waals surface area contributed by atoms with Crippen LogP contribution in [-0.4, -0.2) is 7.11 Å². The molecule has 0 fully saturated rings. The van der Waals surface area contributed by atoms with Crippen LogP contribution in [0.25, 0.3) is 10.8 Å². The summed E-state index contributed by atoms with van der Waals surface area (Å²) < 4.78 is 6.52. The molecule has 0 unspecified atom stereocenters. The lowest BCUT2D eigenvalue weighted by Crippen LogP contribution is -2.00. The maximum atomic E-state index is 5.43. The van der Waals surface area contributed by atoms with Crippen molar-refractivity contribution < 1.29 is 4.74 Å². The van der Waals surface area contributed by atoms with E-state index in [0.717, 1.165) is 27.8 Å². The summed E-state index contributed by atoms with van der Waals surface area (Å²) in [5.74, 6) is 0.915. The van der Waals surface area contributed by atoms with Crippen molar-refractivity contribution in [1.82, 2.24) is 0 Å². The van der Waals surface area contributed by atoms with Crippen molar-refractivity contribution in [3.8, 4) is 5.75 Å². The fourth-order valence-electron chi connectivity index (χ4n) is 2.43. The first-order valence-electron chi connectivity index (χ1n) is 6.82. The first kappa shape index (κ1) is 14.0. The van der Waals surface area contributed by atoms with Gasteiger partial charge >= 0.3 is 0 Å². The Morgan fingerprint density at radius 3 is 2.33 bits per heavy atom. The second-order valence-corrected chi connectivity index (χ2v) is 5.75. The Morgan fingerprint density at radius 2 is 1.62 bits per heavy atom. The highest BCUT2D eigenvalue weighted by molar-refractivity contribution is 9.10. The fraction of sp³-hybridized carbons (Fsp3) is 0.111. The van der Waals surface area contributed by atoms with Crippen LogP contribution in [0, 0.1) is 0 Å². The van der Waals surface area contributed by atoms with E-state index in [1.54, 1.807) is 7.11 Å². The zero-order valence-electron chi connectivity index (χ0n) is 11.8. The van der Waals surface area contributed by atoms with Crippen molar-refractivity contribution in [2.45, 2.75) is 6.54 Å². The molecule has 0 amide bonds. The predicted molar refractivity (Wildman–Crippen MR) is 92.0 cm³/mol. The van der Waals surface area contributed by atoms with Crippen molar-refractivity contribution in [3.05, 3.63) is 70.7 Å². The molecule has 21 heavy (non-hydrogen) atoms. The summed E-state index contributed by atoms with van der Waals surface area (Å²) in [5, 5.41) is 5.83. The number of rotatable bonds is 4. The van der Waals surface area contributed by atoms with Gasteiger partial charge in [-0.1, -0.05) is 46.3 Å². The summed E-state index contributed by atoms with van der Waals surface area (Å²) in [6, 6.07) is 20.7. The monoisotopic (exact) mass is 341 g/mol. The number of ether oxygens (including phenoxy) is 1. The van der Waals surface area contributed by atoms with Crippen molar-refractivity contribution in [3.63, 3.8) is 0 Å². The van der Waals surface area contributed by atoms with E-state index in [0.29, 0.717) is 0 Å². The van der Waals surface area contributed by atoms with Gasteiger partial charge in [0.2, 0.25) is 0 Å². The number of benzene rings is 3. The summed E-state index contributed by atoms with van der Waals surface area (Å²) in [4.78, 5) is 0. The van der Waals surface area contributed by atoms with Crippen LogP contribution in [0.2, 0.25) is 0 Å². The number of hydrogen-bond acceptors (Lipinski definition) is 2. The molecular formula is C18H16BrNO. The van der Waals surface area contributed by atoms with E-state index in [1.807, 2.05) is 24.3 Å². The van der Waals surface area contributed by atoms with Crippen molar-refractivity contribution >= 4 is 32.4 Å². The number of nitrogens with one attached hydrogen (secondary N) is 1. The molecule has 0 bridgehead atoms. The van der Waals surface area contributed by atoms with Gasteiger partial charge < -0.3 is 10.1 Å². The number of halogens is 1. The van der Waals surface area contributed by atoms with Crippen LogP contribution in [0.15, 0.2) is 65.1 Å². The molecule has 3 heteroatoms. The van der Waals surface area contributed by atoms with Gasteiger partial charge in [0.25, 0.3) is 0 Å². The van der Waals surface area contributed by atoms with Gasteiger partial charge in [-0.3, -0.25) is 0 Å². The maximum Gasteiger partial charge on any atom is 0.126 e. The van der Waals surface area contributed by atoms with E-state index >= 15 is 0 Å². The molecule has 1 N–H and O–H groups in total. The summed E-state index contributed by atoms with van der Waals surface area (Å²) in [6.07, 6.45) is 0. The number of methoxy groups -OCH3 is 1. The van der Waals surface area contributed by atoms with Crippen molar-refractivity contribution in [2.24, 2.45) is 0 Å². The van der Waals surface area contributed by atoms with Gasteiger partial charge in [-0.05, 0) is 41.3 Å². The second-order valence-electron chi connectivity index (χ2n) is 4.83. The molecular weight excluding hydrogens is 326 g/mol. The predicted octanol–water partition coefficient (Wildman–Crippen LogP) is 5.22. The van der Waals surface area contributed by atoms with Crippen LogP contribution in [0.3, 0.4) is 0 Å². The highest BCUT2D eigenvalue weighted by atomic mass is 79.9. The molecule has 3 aromatic rings. The van der Waals surface area contributed by atoms with E-state index in [-0.39, 0.29) is 0 Å². The van der Waals surface area contributed by atoms with Gasteiger partial charge in [-0.25, -0.2) is 0 Å². The smallest absolute Gasteiger partial charge is 0.126 e. The first-order valence-corrected chi connectivity index (χ1v) is 7.61. The quantitative estimate of drug-likeness (QED) is 0.702. The second kappa shape index (κ2) is 6.19. The molecule has 2 nitrogen and oxygen atoms in total. The molecule has 106 valence electrons. The van der Waals surface area contributed by atoms with Gasteiger partial charge in [0.1, 0.15) is 5.75 Å². The van der Waals surface area contributed by atoms with Crippen LogP contribution < -0.4 is 10.1 Å². The Balaban J connectivity index is 1.89. The highest BCUT2D eigenvalue weighted by Gasteiger charge is 2.05. The summed E-state index contributed by atoms with van der Waals surface area (Å²) in [5.41, 5.74) is 2.37. The molecule has 0 aliphatic heterocycles. The van der Waals surface area contributed by atoms with Gasteiger partial charge in [0.15, 0.2) is 0 Å². The third-order valence-electron chi connectivity index (χ3n) is 3.52. The van der Waals surface area contributed by atoms with Gasteiger partial charge in [0.05, 0.1) is 7.11 Å². The molecule has 0 atom stereocenters. The van der Waals surface area contributed by atoms with Crippen LogP contribution in [0.4, 0.5) is 5.69 Å². The van der Waals surface area contributed by atoms with E-state index in [2.05, 4.69) is 57.6 Å². The first-order chi connectivity index (χ1) is 10.3. The van der Waals surface area contributed by atoms with Gasteiger partial charge in [0, 0.05) is 22.1 Å². The van der Waals surface area contributed by atoms with Gasteiger partial charge in [-0.15, -0.1) is 0 Å². The van der Waals surface area contributed by atoms with Crippen LogP contribution in [0.1, 0.15) is 5.56 Å². The molecule has 3 rings (SSSR count). The lowest BCUT2D eigenvalue weighted by molar-refractivity contribution is 0.419. The lowest BCUT2D eigenvalue weighted by atomic mass is 10.0. The molecule has 0 saturated heterocycles. The third-order valence-corrected chi connectivity index (χ3v) is 4.05. The Morgan fingerprint density at radius 1 is 0.905 bits per heavy atom. The zero-order chi connectivity index (χ0) is 14.7. The molecule has 0 heterocycles. The standard InChI is InChI=1S/C18H16BrNO/c1-21-18-11-6-13(16-4-2-3-5-17(16)18)12-20-15-9-7-14(19)8-10-15/h2-11,20H,12H2,1H3. The molecule has 0 aliphatic carbocycles. The summed E-state index contributed by atoms with van der Waals surface area (Å²) in [7, 11) is 1.71. The number of fused-ring (bicyclic) bond motifs is 1. The highest BCUT2D eigenvalue weighted by Crippen LogP contribution is 2.28. The van der Waals surface area contributed by atoms with Crippen LogP contribution in [0.5, 0.6) is 5.75 Å². The lowest BCUT2D eigenvalue weighted by Gasteiger charge is -2.12. The Hall–Kier alpha value is -2.00. The minimum Gasteiger partial charge on any atom is -0.496 e. The van der Waals surface area contributed by atoms with Crippen molar-refractivity contribution in [2.75, 3.05) is 12.4 Å². The minimum atomic E-state index is 0.784. The Bertz CT molecular complexity index is 753. The molecule has 0 saturated carbocycles. The largest absolute Gasteiger partial charge is 0.496 e. The molecule has 0 radical (unpaired) electrons. The van der Waals surface area contributed by atoms with E-state index in [4.69, 9.17) is 4.74 Å². The molecule has 3 aromatic carbocycles. The number of anilines is 1. The average Bonchev–Trinajstić information content (AvgIpc) is 2.54. The van der Waals surface area contributed by atoms with E-state index in [1.165, 1.54) is 10.9 Å².